The molecule has 0 atom stereocenters. The van der Waals surface area contributed by atoms with E-state index in [-0.39, 0.29) is 12.0 Å². The van der Waals surface area contributed by atoms with Crippen molar-refractivity contribution >= 4 is 5.91 Å². The molecule has 76 valence electrons. The minimum absolute atomic E-state index is 0.133. The van der Waals surface area contributed by atoms with Crippen molar-refractivity contribution in [2.24, 2.45) is 5.84 Å². The van der Waals surface area contributed by atoms with E-state index >= 15 is 0 Å². The van der Waals surface area contributed by atoms with Crippen molar-refractivity contribution in [2.75, 3.05) is 19.6 Å². The van der Waals surface area contributed by atoms with Gasteiger partial charge in [0.2, 0.25) is 5.91 Å². The Morgan fingerprint density at radius 2 is 2.15 bits per heavy atom. The van der Waals surface area contributed by atoms with Crippen LogP contribution in [0.25, 0.3) is 0 Å². The first-order chi connectivity index (χ1) is 6.22. The number of aliphatic hydroxyl groups is 1. The minimum Gasteiger partial charge on any atom is -0.393 e. The summed E-state index contributed by atoms with van der Waals surface area (Å²) in [5, 5.41) is 9.22. The van der Waals surface area contributed by atoms with Crippen LogP contribution >= 0.6 is 0 Å². The van der Waals surface area contributed by atoms with Crippen molar-refractivity contribution < 1.29 is 9.90 Å². The summed E-state index contributed by atoms with van der Waals surface area (Å²) in [7, 11) is 0. The number of aliphatic hydroxyl groups excluding tert-OH is 1. The fraction of sp³-hybridized carbons (Fsp3) is 0.875. The summed E-state index contributed by atoms with van der Waals surface area (Å²) in [6.07, 6.45) is 1.90. The number of hydrogen-bond acceptors (Lipinski definition) is 4. The van der Waals surface area contributed by atoms with Gasteiger partial charge in [-0.1, -0.05) is 0 Å². The van der Waals surface area contributed by atoms with Gasteiger partial charge in [0.05, 0.1) is 6.10 Å². The maximum absolute atomic E-state index is 10.8. The van der Waals surface area contributed by atoms with Crippen LogP contribution in [0.3, 0.4) is 0 Å². The van der Waals surface area contributed by atoms with Crippen molar-refractivity contribution in [1.29, 1.82) is 0 Å². The third-order valence-electron chi connectivity index (χ3n) is 2.37. The molecule has 0 unspecified atom stereocenters. The number of nitrogens with two attached hydrogens (primary N) is 1. The number of carbonyl (C=O) groups is 1. The molecule has 0 saturated carbocycles. The van der Waals surface area contributed by atoms with E-state index in [1.54, 1.807) is 0 Å². The first kappa shape index (κ1) is 10.4. The van der Waals surface area contributed by atoms with Crippen LogP contribution in [0, 0.1) is 0 Å². The van der Waals surface area contributed by atoms with Crippen LogP contribution in [0.15, 0.2) is 0 Å². The number of carbonyl (C=O) groups excluding carboxylic acids is 1. The fourth-order valence-corrected chi connectivity index (χ4v) is 1.47. The lowest BCUT2D eigenvalue weighted by Crippen LogP contribution is -2.39. The Labute approximate surface area is 77.9 Å². The average molecular weight is 187 g/mol. The molecule has 0 aromatic rings. The van der Waals surface area contributed by atoms with Crippen molar-refractivity contribution in [2.45, 2.75) is 25.4 Å². The molecule has 0 aliphatic carbocycles. The van der Waals surface area contributed by atoms with Crippen LogP contribution in [0.2, 0.25) is 0 Å². The molecule has 1 heterocycles. The SMILES string of the molecule is NNC(=O)CCN1CCC(O)CC1. The highest BCUT2D eigenvalue weighted by Gasteiger charge is 2.16. The predicted molar refractivity (Wildman–Crippen MR) is 48.6 cm³/mol. The first-order valence-electron chi connectivity index (χ1n) is 4.62. The number of nitrogens with zero attached hydrogens (tertiary/aromatic N) is 1. The molecule has 1 rings (SSSR count). The zero-order valence-corrected chi connectivity index (χ0v) is 7.70. The number of likely N-dealkylation sites (tertiary alicyclic amines) is 1. The van der Waals surface area contributed by atoms with E-state index in [1.165, 1.54) is 0 Å². The lowest BCUT2D eigenvalue weighted by Gasteiger charge is -2.28. The largest absolute Gasteiger partial charge is 0.393 e. The number of hydrazine groups is 1. The van der Waals surface area contributed by atoms with Gasteiger partial charge >= 0.3 is 0 Å². The molecule has 1 aliphatic heterocycles. The second-order valence-electron chi connectivity index (χ2n) is 3.39. The molecule has 1 saturated heterocycles. The van der Waals surface area contributed by atoms with E-state index in [0.717, 1.165) is 32.5 Å². The topological polar surface area (TPSA) is 78.6 Å². The van der Waals surface area contributed by atoms with E-state index < -0.39 is 0 Å². The second kappa shape index (κ2) is 5.16. The zero-order chi connectivity index (χ0) is 9.68. The van der Waals surface area contributed by atoms with Crippen LogP contribution in [0.4, 0.5) is 0 Å². The molecule has 1 fully saturated rings. The molecule has 5 heteroatoms. The van der Waals surface area contributed by atoms with Gasteiger partial charge in [-0.3, -0.25) is 10.2 Å². The Kier molecular flexibility index (Phi) is 4.14. The van der Waals surface area contributed by atoms with Crippen LogP contribution in [-0.4, -0.2) is 41.7 Å². The minimum atomic E-state index is -0.153. The van der Waals surface area contributed by atoms with E-state index in [4.69, 9.17) is 5.84 Å². The van der Waals surface area contributed by atoms with E-state index in [9.17, 15) is 9.90 Å². The highest BCUT2D eigenvalue weighted by Crippen LogP contribution is 2.09. The monoisotopic (exact) mass is 187 g/mol. The van der Waals surface area contributed by atoms with Gasteiger partial charge in [0, 0.05) is 26.1 Å². The third kappa shape index (κ3) is 3.71. The quantitative estimate of drug-likeness (QED) is 0.295. The molecule has 1 aliphatic rings. The molecule has 5 nitrogen and oxygen atoms in total. The highest BCUT2D eigenvalue weighted by atomic mass is 16.3. The lowest BCUT2D eigenvalue weighted by molar-refractivity contribution is -0.121. The summed E-state index contributed by atoms with van der Waals surface area (Å²) in [6.45, 7) is 2.48. The van der Waals surface area contributed by atoms with Crippen molar-refractivity contribution in [3.63, 3.8) is 0 Å². The summed E-state index contributed by atoms with van der Waals surface area (Å²) in [5.74, 6) is 4.82. The Balaban J connectivity index is 2.12. The normalized spacial score (nSPS) is 20.2. The highest BCUT2D eigenvalue weighted by molar-refractivity contribution is 5.75. The molecule has 4 N–H and O–H groups in total. The van der Waals surface area contributed by atoms with Crippen LogP contribution in [0.1, 0.15) is 19.3 Å². The third-order valence-corrected chi connectivity index (χ3v) is 2.37. The van der Waals surface area contributed by atoms with Crippen molar-refractivity contribution in [1.82, 2.24) is 10.3 Å². The summed E-state index contributed by atoms with van der Waals surface area (Å²) >= 11 is 0. The van der Waals surface area contributed by atoms with Crippen molar-refractivity contribution in [3.05, 3.63) is 0 Å². The Morgan fingerprint density at radius 3 is 2.69 bits per heavy atom. The standard InChI is InChI=1S/C8H17N3O2/c9-10-8(13)3-6-11-4-1-7(12)2-5-11/h7,12H,1-6,9H2,(H,10,13). The average Bonchev–Trinajstić information content (AvgIpc) is 2.16. The maximum atomic E-state index is 10.8. The molecular formula is C8H17N3O2. The lowest BCUT2D eigenvalue weighted by atomic mass is 10.1. The Hall–Kier alpha value is -0.650. The predicted octanol–water partition coefficient (Wildman–Crippen LogP) is -1.18. The number of piperidine rings is 1. The van der Waals surface area contributed by atoms with Gasteiger partial charge in [0.25, 0.3) is 0 Å². The van der Waals surface area contributed by atoms with Gasteiger partial charge in [0.15, 0.2) is 0 Å². The van der Waals surface area contributed by atoms with E-state index in [1.807, 2.05) is 0 Å². The maximum Gasteiger partial charge on any atom is 0.235 e. The van der Waals surface area contributed by atoms with Gasteiger partial charge in [-0.15, -0.1) is 0 Å². The Morgan fingerprint density at radius 1 is 1.54 bits per heavy atom. The second-order valence-corrected chi connectivity index (χ2v) is 3.39. The molecule has 0 aromatic heterocycles. The fourth-order valence-electron chi connectivity index (χ4n) is 1.47. The molecule has 0 aromatic carbocycles. The van der Waals surface area contributed by atoms with Gasteiger partial charge in [-0.2, -0.15) is 0 Å². The van der Waals surface area contributed by atoms with E-state index in [2.05, 4.69) is 10.3 Å². The van der Waals surface area contributed by atoms with Gasteiger partial charge in [-0.05, 0) is 12.8 Å². The van der Waals surface area contributed by atoms with Crippen LogP contribution in [-0.2, 0) is 4.79 Å². The van der Waals surface area contributed by atoms with Gasteiger partial charge < -0.3 is 10.0 Å². The van der Waals surface area contributed by atoms with Crippen LogP contribution in [0.5, 0.6) is 0 Å². The van der Waals surface area contributed by atoms with Crippen molar-refractivity contribution in [3.8, 4) is 0 Å². The number of hydrogen-bond donors (Lipinski definition) is 3. The van der Waals surface area contributed by atoms with Gasteiger partial charge in [-0.25, -0.2) is 5.84 Å². The summed E-state index contributed by atoms with van der Waals surface area (Å²) in [4.78, 5) is 13.0. The summed E-state index contributed by atoms with van der Waals surface area (Å²) in [6, 6.07) is 0. The number of nitrogens with one attached hydrogen (secondary N) is 1. The molecule has 0 radical (unpaired) electrons. The number of rotatable bonds is 3. The summed E-state index contributed by atoms with van der Waals surface area (Å²) < 4.78 is 0. The van der Waals surface area contributed by atoms with E-state index in [0.29, 0.717) is 6.42 Å². The zero-order valence-electron chi connectivity index (χ0n) is 7.70. The first-order valence-corrected chi connectivity index (χ1v) is 4.62. The van der Waals surface area contributed by atoms with Crippen LogP contribution < -0.4 is 11.3 Å². The molecule has 1 amide bonds. The molecule has 0 spiro atoms. The summed E-state index contributed by atoms with van der Waals surface area (Å²) in [5.41, 5.74) is 2.10. The molecule has 13 heavy (non-hydrogen) atoms. The molecule has 0 bridgehead atoms. The van der Waals surface area contributed by atoms with Gasteiger partial charge in [0.1, 0.15) is 0 Å². The molecular weight excluding hydrogens is 170 g/mol. The Bertz CT molecular complexity index is 167. The number of amides is 1. The smallest absolute Gasteiger partial charge is 0.235 e.